The minimum Gasteiger partial charge on any atom is -0.353 e. The summed E-state index contributed by atoms with van der Waals surface area (Å²) < 4.78 is 0.719. The van der Waals surface area contributed by atoms with Crippen molar-refractivity contribution in [3.63, 3.8) is 0 Å². The first-order chi connectivity index (χ1) is 10.0. The number of rotatable bonds is 7. The minimum atomic E-state index is -0.00304. The van der Waals surface area contributed by atoms with Crippen LogP contribution in [0, 0.1) is 0 Å². The molecule has 1 aliphatic rings. The number of thioether (sulfide) groups is 1. The minimum absolute atomic E-state index is 0.000265. The van der Waals surface area contributed by atoms with E-state index in [0.29, 0.717) is 10.9 Å². The van der Waals surface area contributed by atoms with Gasteiger partial charge in [0.1, 0.15) is 0 Å². The smallest absolute Gasteiger partial charge is 0.230 e. The predicted octanol–water partition coefficient (Wildman–Crippen LogP) is 2.06. The molecule has 1 saturated carbocycles. The standard InChI is InChI=1S/C13H20N4O2S2/c1-4-8(2)14-11(19)7-20-13-16-15-12(21-13)17(9(3)18)10-5-6-10/h8,10H,4-7H2,1-3H3,(H,14,19). The second-order valence-electron chi connectivity index (χ2n) is 5.14. The molecule has 0 radical (unpaired) electrons. The maximum absolute atomic E-state index is 11.7. The first-order valence-electron chi connectivity index (χ1n) is 7.06. The highest BCUT2D eigenvalue weighted by molar-refractivity contribution is 8.01. The zero-order valence-corrected chi connectivity index (χ0v) is 14.1. The van der Waals surface area contributed by atoms with Crippen LogP contribution in [0.1, 0.15) is 40.0 Å². The van der Waals surface area contributed by atoms with Crippen molar-refractivity contribution < 1.29 is 9.59 Å². The molecule has 1 heterocycles. The van der Waals surface area contributed by atoms with Crippen molar-refractivity contribution in [3.05, 3.63) is 0 Å². The Kier molecular flexibility index (Phi) is 5.58. The van der Waals surface area contributed by atoms with Gasteiger partial charge >= 0.3 is 0 Å². The van der Waals surface area contributed by atoms with Crippen LogP contribution in [-0.2, 0) is 9.59 Å². The van der Waals surface area contributed by atoms with E-state index in [-0.39, 0.29) is 23.9 Å². The Bertz CT molecular complexity index is 516. The Labute approximate surface area is 132 Å². The van der Waals surface area contributed by atoms with Crippen LogP contribution in [0.3, 0.4) is 0 Å². The molecule has 0 aromatic carbocycles. The van der Waals surface area contributed by atoms with Gasteiger partial charge in [-0.3, -0.25) is 14.5 Å². The first-order valence-corrected chi connectivity index (χ1v) is 8.87. The highest BCUT2D eigenvalue weighted by atomic mass is 32.2. The van der Waals surface area contributed by atoms with Gasteiger partial charge < -0.3 is 5.32 Å². The molecule has 8 heteroatoms. The first kappa shape index (κ1) is 16.2. The molecule has 1 aromatic rings. The van der Waals surface area contributed by atoms with Crippen LogP contribution in [0.15, 0.2) is 4.34 Å². The van der Waals surface area contributed by atoms with Crippen molar-refractivity contribution >= 4 is 40.0 Å². The van der Waals surface area contributed by atoms with Gasteiger partial charge in [0, 0.05) is 19.0 Å². The molecular formula is C13H20N4O2S2. The SMILES string of the molecule is CCC(C)NC(=O)CSc1nnc(N(C(C)=O)C2CC2)s1. The Morgan fingerprint density at radius 3 is 2.76 bits per heavy atom. The lowest BCUT2D eigenvalue weighted by molar-refractivity contribution is -0.119. The monoisotopic (exact) mass is 328 g/mol. The van der Waals surface area contributed by atoms with Crippen molar-refractivity contribution in [1.29, 1.82) is 0 Å². The van der Waals surface area contributed by atoms with Crippen LogP contribution in [-0.4, -0.2) is 39.8 Å². The summed E-state index contributed by atoms with van der Waals surface area (Å²) in [4.78, 5) is 25.1. The summed E-state index contributed by atoms with van der Waals surface area (Å²) in [6.45, 7) is 5.56. The fraction of sp³-hybridized carbons (Fsp3) is 0.692. The molecule has 0 saturated heterocycles. The maximum Gasteiger partial charge on any atom is 0.230 e. The number of aromatic nitrogens is 2. The van der Waals surface area contributed by atoms with Gasteiger partial charge in [-0.1, -0.05) is 30.0 Å². The highest BCUT2D eigenvalue weighted by Crippen LogP contribution is 2.35. The lowest BCUT2D eigenvalue weighted by Crippen LogP contribution is -2.33. The number of hydrogen-bond acceptors (Lipinski definition) is 6. The molecule has 1 unspecified atom stereocenters. The number of hydrogen-bond donors (Lipinski definition) is 1. The van der Waals surface area contributed by atoms with Crippen LogP contribution < -0.4 is 10.2 Å². The zero-order chi connectivity index (χ0) is 15.4. The van der Waals surface area contributed by atoms with Crippen molar-refractivity contribution in [2.75, 3.05) is 10.7 Å². The zero-order valence-electron chi connectivity index (χ0n) is 12.5. The summed E-state index contributed by atoms with van der Waals surface area (Å²) in [5.74, 6) is 0.319. The third kappa shape index (κ3) is 4.67. The lowest BCUT2D eigenvalue weighted by Gasteiger charge is -2.15. The van der Waals surface area contributed by atoms with Gasteiger partial charge in [-0.05, 0) is 26.2 Å². The average Bonchev–Trinajstić information content (AvgIpc) is 3.14. The van der Waals surface area contributed by atoms with Gasteiger partial charge in [-0.2, -0.15) is 0 Å². The van der Waals surface area contributed by atoms with E-state index < -0.39 is 0 Å². The van der Waals surface area contributed by atoms with E-state index in [4.69, 9.17) is 0 Å². The Morgan fingerprint density at radius 2 is 2.19 bits per heavy atom. The topological polar surface area (TPSA) is 75.2 Å². The number of carbonyl (C=O) groups is 2. The largest absolute Gasteiger partial charge is 0.353 e. The molecule has 0 aliphatic heterocycles. The van der Waals surface area contributed by atoms with Gasteiger partial charge in [-0.25, -0.2) is 0 Å². The van der Waals surface area contributed by atoms with E-state index in [1.54, 1.807) is 11.8 Å². The average molecular weight is 328 g/mol. The van der Waals surface area contributed by atoms with Crippen LogP contribution in [0.2, 0.25) is 0 Å². The number of amides is 2. The molecule has 1 N–H and O–H groups in total. The third-order valence-corrected chi connectivity index (χ3v) is 5.26. The van der Waals surface area contributed by atoms with Gasteiger partial charge in [-0.15, -0.1) is 10.2 Å². The van der Waals surface area contributed by atoms with Gasteiger partial charge in [0.25, 0.3) is 0 Å². The molecule has 1 aromatic heterocycles. The van der Waals surface area contributed by atoms with E-state index in [1.165, 1.54) is 23.1 Å². The molecule has 21 heavy (non-hydrogen) atoms. The second kappa shape index (κ2) is 7.22. The van der Waals surface area contributed by atoms with Crippen LogP contribution in [0.5, 0.6) is 0 Å². The molecule has 0 bridgehead atoms. The molecule has 1 aliphatic carbocycles. The van der Waals surface area contributed by atoms with Crippen LogP contribution in [0.4, 0.5) is 5.13 Å². The van der Waals surface area contributed by atoms with Crippen molar-refractivity contribution in [3.8, 4) is 0 Å². The molecular weight excluding hydrogens is 308 g/mol. The van der Waals surface area contributed by atoms with Crippen LogP contribution >= 0.6 is 23.1 Å². The number of anilines is 1. The summed E-state index contributed by atoms with van der Waals surface area (Å²) in [5.41, 5.74) is 0. The Morgan fingerprint density at radius 1 is 1.48 bits per heavy atom. The van der Waals surface area contributed by atoms with E-state index in [2.05, 4.69) is 15.5 Å². The molecule has 2 amide bonds. The highest BCUT2D eigenvalue weighted by Gasteiger charge is 2.34. The second-order valence-corrected chi connectivity index (χ2v) is 7.31. The molecule has 116 valence electrons. The fourth-order valence-corrected chi connectivity index (χ4v) is 3.55. The van der Waals surface area contributed by atoms with Gasteiger partial charge in [0.2, 0.25) is 16.9 Å². The maximum atomic E-state index is 11.7. The quantitative estimate of drug-likeness (QED) is 0.612. The summed E-state index contributed by atoms with van der Waals surface area (Å²) >= 11 is 2.73. The summed E-state index contributed by atoms with van der Waals surface area (Å²) in [6.07, 6.45) is 2.96. The normalized spacial score (nSPS) is 15.6. The summed E-state index contributed by atoms with van der Waals surface area (Å²) in [6, 6.07) is 0.466. The van der Waals surface area contributed by atoms with Crippen molar-refractivity contribution in [2.24, 2.45) is 0 Å². The molecule has 1 fully saturated rings. The van der Waals surface area contributed by atoms with E-state index in [0.717, 1.165) is 23.6 Å². The number of carbonyl (C=O) groups excluding carboxylic acids is 2. The lowest BCUT2D eigenvalue weighted by atomic mass is 10.3. The fourth-order valence-electron chi connectivity index (χ4n) is 1.78. The molecule has 2 rings (SSSR count). The van der Waals surface area contributed by atoms with Crippen LogP contribution in [0.25, 0.3) is 0 Å². The van der Waals surface area contributed by atoms with Gasteiger partial charge in [0.15, 0.2) is 4.34 Å². The van der Waals surface area contributed by atoms with Crippen molar-refractivity contribution in [1.82, 2.24) is 15.5 Å². The number of nitrogens with one attached hydrogen (secondary N) is 1. The molecule has 1 atom stereocenters. The number of nitrogens with zero attached hydrogens (tertiary/aromatic N) is 3. The Hall–Kier alpha value is -1.15. The summed E-state index contributed by atoms with van der Waals surface area (Å²) in [7, 11) is 0. The van der Waals surface area contributed by atoms with Crippen molar-refractivity contribution in [2.45, 2.75) is 56.5 Å². The third-order valence-electron chi connectivity index (χ3n) is 3.20. The van der Waals surface area contributed by atoms with E-state index in [1.807, 2.05) is 13.8 Å². The predicted molar refractivity (Wildman–Crippen MR) is 84.7 cm³/mol. The Balaban J connectivity index is 1.88. The summed E-state index contributed by atoms with van der Waals surface area (Å²) in [5, 5.41) is 11.7. The van der Waals surface area contributed by atoms with Gasteiger partial charge in [0.05, 0.1) is 5.75 Å². The molecule has 0 spiro atoms. The van der Waals surface area contributed by atoms with E-state index in [9.17, 15) is 9.59 Å². The van der Waals surface area contributed by atoms with E-state index >= 15 is 0 Å². The molecule has 6 nitrogen and oxygen atoms in total.